The maximum Gasteiger partial charge on any atom is 0.272 e. The number of aromatic hydroxyl groups is 1. The first-order valence-corrected chi connectivity index (χ1v) is 10.6. The van der Waals surface area contributed by atoms with E-state index in [-0.39, 0.29) is 22.8 Å². The van der Waals surface area contributed by atoms with Gasteiger partial charge in [0.15, 0.2) is 0 Å². The Morgan fingerprint density at radius 2 is 1.90 bits per heavy atom. The molecule has 0 bridgehead atoms. The van der Waals surface area contributed by atoms with Crippen LogP contribution in [0.2, 0.25) is 0 Å². The van der Waals surface area contributed by atoms with Crippen molar-refractivity contribution in [3.63, 3.8) is 0 Å². The van der Waals surface area contributed by atoms with Gasteiger partial charge in [-0.3, -0.25) is 9.78 Å². The molecule has 1 spiro atoms. The van der Waals surface area contributed by atoms with Crippen LogP contribution in [0.4, 0.5) is 0 Å². The largest absolute Gasteiger partial charge is 0.507 e. The molecule has 1 amide bonds. The van der Waals surface area contributed by atoms with Gasteiger partial charge >= 0.3 is 0 Å². The number of nitrogens with one attached hydrogen (secondary N) is 1. The number of amides is 1. The van der Waals surface area contributed by atoms with E-state index in [2.05, 4.69) is 34.6 Å². The summed E-state index contributed by atoms with van der Waals surface area (Å²) in [5.74, 6) is -0.0350. The average Bonchev–Trinajstić information content (AvgIpc) is 2.74. The SMILES string of the molecule is CCN(CC)C(=O)c1cc(O)c(C2=CC3(CCNCC3)Cc3ccccc32)cn1. The summed E-state index contributed by atoms with van der Waals surface area (Å²) in [5, 5.41) is 14.3. The molecular formula is C24H29N3O2. The normalized spacial score (nSPS) is 17.5. The van der Waals surface area contributed by atoms with Crippen LogP contribution in [0.5, 0.6) is 5.75 Å². The lowest BCUT2D eigenvalue weighted by molar-refractivity contribution is 0.0766. The summed E-state index contributed by atoms with van der Waals surface area (Å²) in [5.41, 5.74) is 4.59. The second-order valence-electron chi connectivity index (χ2n) is 8.07. The van der Waals surface area contributed by atoms with Crippen molar-refractivity contribution in [1.82, 2.24) is 15.2 Å². The molecule has 1 aromatic carbocycles. The van der Waals surface area contributed by atoms with E-state index in [1.165, 1.54) is 11.6 Å². The maximum absolute atomic E-state index is 12.6. The molecule has 29 heavy (non-hydrogen) atoms. The van der Waals surface area contributed by atoms with E-state index in [9.17, 15) is 9.90 Å². The Balaban J connectivity index is 1.76. The number of carbonyl (C=O) groups is 1. The third kappa shape index (κ3) is 3.67. The van der Waals surface area contributed by atoms with Crippen molar-refractivity contribution in [3.8, 4) is 5.75 Å². The van der Waals surface area contributed by atoms with Gasteiger partial charge < -0.3 is 15.3 Å². The predicted octanol–water partition coefficient (Wildman–Crippen LogP) is 3.63. The van der Waals surface area contributed by atoms with Crippen LogP contribution < -0.4 is 5.32 Å². The van der Waals surface area contributed by atoms with Gasteiger partial charge in [-0.1, -0.05) is 30.3 Å². The van der Waals surface area contributed by atoms with Crippen molar-refractivity contribution in [2.75, 3.05) is 26.2 Å². The van der Waals surface area contributed by atoms with Crippen LogP contribution in [-0.2, 0) is 6.42 Å². The number of hydrogen-bond donors (Lipinski definition) is 2. The van der Waals surface area contributed by atoms with Crippen LogP contribution in [0.1, 0.15) is 53.9 Å². The third-order valence-corrected chi connectivity index (χ3v) is 6.34. The van der Waals surface area contributed by atoms with Gasteiger partial charge in [0, 0.05) is 30.9 Å². The van der Waals surface area contributed by atoms with Crippen molar-refractivity contribution >= 4 is 11.5 Å². The van der Waals surface area contributed by atoms with Gasteiger partial charge in [-0.2, -0.15) is 0 Å². The first-order valence-electron chi connectivity index (χ1n) is 10.6. The molecule has 2 N–H and O–H groups in total. The highest BCUT2D eigenvalue weighted by Crippen LogP contribution is 2.46. The molecule has 0 saturated carbocycles. The van der Waals surface area contributed by atoms with Crippen molar-refractivity contribution in [1.29, 1.82) is 0 Å². The summed E-state index contributed by atoms with van der Waals surface area (Å²) < 4.78 is 0. The first-order chi connectivity index (χ1) is 14.1. The van der Waals surface area contributed by atoms with Gasteiger partial charge in [-0.25, -0.2) is 0 Å². The number of aromatic nitrogens is 1. The minimum atomic E-state index is -0.148. The van der Waals surface area contributed by atoms with Crippen LogP contribution >= 0.6 is 0 Å². The number of piperidine rings is 1. The number of nitrogens with zero attached hydrogens (tertiary/aromatic N) is 2. The van der Waals surface area contributed by atoms with Crippen molar-refractivity contribution < 1.29 is 9.90 Å². The zero-order valence-electron chi connectivity index (χ0n) is 17.2. The quantitative estimate of drug-likeness (QED) is 0.835. The first kappa shape index (κ1) is 19.6. The van der Waals surface area contributed by atoms with Crippen LogP contribution in [0.15, 0.2) is 42.6 Å². The molecule has 2 aromatic rings. The molecule has 0 atom stereocenters. The number of rotatable bonds is 4. The molecule has 2 aliphatic rings. The summed E-state index contributed by atoms with van der Waals surface area (Å²) >= 11 is 0. The van der Waals surface area contributed by atoms with Crippen LogP contribution in [0, 0.1) is 5.41 Å². The van der Waals surface area contributed by atoms with Crippen molar-refractivity contribution in [2.45, 2.75) is 33.1 Å². The van der Waals surface area contributed by atoms with Gasteiger partial charge in [0.25, 0.3) is 5.91 Å². The number of benzene rings is 1. The monoisotopic (exact) mass is 391 g/mol. The Morgan fingerprint density at radius 3 is 2.59 bits per heavy atom. The van der Waals surface area contributed by atoms with E-state index in [1.807, 2.05) is 19.9 Å². The molecule has 5 heteroatoms. The Morgan fingerprint density at radius 1 is 1.17 bits per heavy atom. The molecule has 0 unspecified atom stereocenters. The lowest BCUT2D eigenvalue weighted by atomic mass is 9.67. The Hall–Kier alpha value is -2.66. The average molecular weight is 392 g/mol. The fourth-order valence-corrected chi connectivity index (χ4v) is 4.66. The van der Waals surface area contributed by atoms with E-state index >= 15 is 0 Å². The highest BCUT2D eigenvalue weighted by atomic mass is 16.3. The molecule has 1 aliphatic heterocycles. The topological polar surface area (TPSA) is 65.5 Å². The molecule has 4 rings (SSSR count). The molecule has 2 heterocycles. The van der Waals surface area contributed by atoms with Crippen LogP contribution in [0.3, 0.4) is 0 Å². The van der Waals surface area contributed by atoms with Gasteiger partial charge in [-0.05, 0) is 68.3 Å². The number of pyridine rings is 1. The molecule has 1 fully saturated rings. The summed E-state index contributed by atoms with van der Waals surface area (Å²) in [6.45, 7) is 7.14. The smallest absolute Gasteiger partial charge is 0.272 e. The molecule has 1 aliphatic carbocycles. The molecular weight excluding hydrogens is 362 g/mol. The number of allylic oxidation sites excluding steroid dienone is 1. The number of carbonyl (C=O) groups excluding carboxylic acids is 1. The standard InChI is InChI=1S/C24H29N3O2/c1-3-27(4-2)23(29)21-13-22(28)20(16-26-21)19-15-24(9-11-25-12-10-24)14-17-7-5-6-8-18(17)19/h5-8,13,15-16,25H,3-4,9-12,14H2,1-2H3,(H,26,28). The van der Waals surface area contributed by atoms with Gasteiger partial charge in [0.1, 0.15) is 11.4 Å². The van der Waals surface area contributed by atoms with E-state index < -0.39 is 0 Å². The van der Waals surface area contributed by atoms with E-state index in [1.54, 1.807) is 11.1 Å². The summed E-state index contributed by atoms with van der Waals surface area (Å²) in [4.78, 5) is 18.8. The molecule has 1 saturated heterocycles. The molecule has 152 valence electrons. The van der Waals surface area contributed by atoms with Crippen molar-refractivity contribution in [3.05, 3.63) is 65.0 Å². The molecule has 5 nitrogen and oxygen atoms in total. The second-order valence-corrected chi connectivity index (χ2v) is 8.07. The van der Waals surface area contributed by atoms with E-state index in [0.717, 1.165) is 43.5 Å². The number of hydrogen-bond acceptors (Lipinski definition) is 4. The summed E-state index contributed by atoms with van der Waals surface area (Å²) in [6.07, 6.45) is 7.20. The van der Waals surface area contributed by atoms with Crippen LogP contribution in [0.25, 0.3) is 5.57 Å². The van der Waals surface area contributed by atoms with Crippen LogP contribution in [-0.4, -0.2) is 47.1 Å². The highest BCUT2D eigenvalue weighted by Gasteiger charge is 2.35. The molecule has 0 radical (unpaired) electrons. The fourth-order valence-electron chi connectivity index (χ4n) is 4.66. The Labute approximate surface area is 172 Å². The lowest BCUT2D eigenvalue weighted by Gasteiger charge is -2.39. The minimum absolute atomic E-state index is 0.108. The van der Waals surface area contributed by atoms with Crippen molar-refractivity contribution in [2.24, 2.45) is 5.41 Å². The molecule has 1 aromatic heterocycles. The maximum atomic E-state index is 12.6. The predicted molar refractivity (Wildman–Crippen MR) is 115 cm³/mol. The third-order valence-electron chi connectivity index (χ3n) is 6.34. The van der Waals surface area contributed by atoms with Gasteiger partial charge in [-0.15, -0.1) is 0 Å². The number of fused-ring (bicyclic) bond motifs is 1. The van der Waals surface area contributed by atoms with Gasteiger partial charge in [0.05, 0.1) is 0 Å². The minimum Gasteiger partial charge on any atom is -0.507 e. The highest BCUT2D eigenvalue weighted by molar-refractivity contribution is 5.94. The van der Waals surface area contributed by atoms with E-state index in [0.29, 0.717) is 18.7 Å². The Bertz CT molecular complexity index is 941. The summed E-state index contributed by atoms with van der Waals surface area (Å²) in [6, 6.07) is 9.94. The Kier molecular flexibility index (Phi) is 5.41. The zero-order chi connectivity index (χ0) is 20.4. The second kappa shape index (κ2) is 7.99. The van der Waals surface area contributed by atoms with Gasteiger partial charge in [0.2, 0.25) is 0 Å². The zero-order valence-corrected chi connectivity index (χ0v) is 17.2. The fraction of sp³-hybridized carbons (Fsp3) is 0.417. The summed E-state index contributed by atoms with van der Waals surface area (Å²) in [7, 11) is 0. The van der Waals surface area contributed by atoms with E-state index in [4.69, 9.17) is 0 Å². The lowest BCUT2D eigenvalue weighted by Crippen LogP contribution is -2.38.